The minimum absolute atomic E-state index is 0.240. The van der Waals surface area contributed by atoms with Gasteiger partial charge >= 0.3 is 12.2 Å². The standard InChI is InChI=1S/C28H54N2O5S/c1-4-6-8-10-12-14-16-18-22-29-27(32)34-25(21-20-24(3)26(31)36)35-28(33)30-23-19-17-15-13-11-9-7-5-2/h24-25H,4-23H2,1-3H3,(H,29,32)(H,30,33)(H,31,36). The first-order chi connectivity index (χ1) is 17.4. The summed E-state index contributed by atoms with van der Waals surface area (Å²) in [5.74, 6) is -0.316. The van der Waals surface area contributed by atoms with Crippen LogP contribution in [0.2, 0.25) is 0 Å². The van der Waals surface area contributed by atoms with E-state index in [2.05, 4.69) is 37.1 Å². The predicted octanol–water partition coefficient (Wildman–Crippen LogP) is 7.92. The number of thiol groups is 1. The molecule has 0 heterocycles. The minimum atomic E-state index is -1.04. The molecular formula is C28H54N2O5S. The van der Waals surface area contributed by atoms with Gasteiger partial charge in [0.25, 0.3) is 6.29 Å². The van der Waals surface area contributed by atoms with Crippen molar-refractivity contribution in [3.05, 3.63) is 0 Å². The van der Waals surface area contributed by atoms with Gasteiger partial charge in [0, 0.05) is 25.4 Å². The van der Waals surface area contributed by atoms with Crippen molar-refractivity contribution in [2.24, 2.45) is 5.92 Å². The predicted molar refractivity (Wildman–Crippen MR) is 150 cm³/mol. The Kier molecular flexibility index (Phi) is 24.2. The lowest BCUT2D eigenvalue weighted by Gasteiger charge is -2.20. The Balaban J connectivity index is 4.20. The van der Waals surface area contributed by atoms with Crippen LogP contribution in [0.15, 0.2) is 0 Å². The molecule has 0 aromatic rings. The summed E-state index contributed by atoms with van der Waals surface area (Å²) in [6, 6.07) is 0. The van der Waals surface area contributed by atoms with E-state index in [1.165, 1.54) is 77.0 Å². The third-order valence-corrected chi connectivity index (χ3v) is 6.77. The lowest BCUT2D eigenvalue weighted by Crippen LogP contribution is -2.36. The van der Waals surface area contributed by atoms with Crippen molar-refractivity contribution in [1.82, 2.24) is 10.6 Å². The van der Waals surface area contributed by atoms with Gasteiger partial charge in [-0.05, 0) is 19.3 Å². The maximum absolute atomic E-state index is 12.2. The zero-order chi connectivity index (χ0) is 26.9. The van der Waals surface area contributed by atoms with Gasteiger partial charge in [0.1, 0.15) is 0 Å². The third kappa shape index (κ3) is 23.0. The molecule has 1 atom stereocenters. The van der Waals surface area contributed by atoms with Crippen molar-refractivity contribution in [3.8, 4) is 0 Å². The molecule has 0 saturated heterocycles. The van der Waals surface area contributed by atoms with Crippen LogP contribution in [0.5, 0.6) is 0 Å². The van der Waals surface area contributed by atoms with Crippen molar-refractivity contribution >= 4 is 29.9 Å². The molecule has 36 heavy (non-hydrogen) atoms. The zero-order valence-electron chi connectivity index (χ0n) is 23.3. The van der Waals surface area contributed by atoms with E-state index in [0.29, 0.717) is 19.5 Å². The number of hydrogen-bond acceptors (Lipinski definition) is 5. The molecule has 0 aliphatic carbocycles. The van der Waals surface area contributed by atoms with Crippen LogP contribution in [0.25, 0.3) is 0 Å². The highest BCUT2D eigenvalue weighted by atomic mass is 32.1. The molecule has 0 radical (unpaired) electrons. The number of rotatable bonds is 24. The second kappa shape index (κ2) is 25.2. The second-order valence-electron chi connectivity index (χ2n) is 9.86. The summed E-state index contributed by atoms with van der Waals surface area (Å²) in [4.78, 5) is 35.9. The first kappa shape index (κ1) is 34.6. The Morgan fingerprint density at radius 2 is 0.972 bits per heavy atom. The van der Waals surface area contributed by atoms with Crippen LogP contribution in [-0.2, 0) is 14.3 Å². The Morgan fingerprint density at radius 3 is 1.33 bits per heavy atom. The molecule has 0 fully saturated rings. The summed E-state index contributed by atoms with van der Waals surface area (Å²) in [6.45, 7) is 7.22. The Morgan fingerprint density at radius 1 is 0.611 bits per heavy atom. The summed E-state index contributed by atoms with van der Waals surface area (Å²) in [6.07, 6.45) is 17.3. The van der Waals surface area contributed by atoms with Crippen LogP contribution in [0.4, 0.5) is 9.59 Å². The molecule has 0 spiro atoms. The minimum Gasteiger partial charge on any atom is -0.409 e. The molecule has 7 nitrogen and oxygen atoms in total. The fourth-order valence-corrected chi connectivity index (χ4v) is 4.00. The summed E-state index contributed by atoms with van der Waals surface area (Å²) >= 11 is 3.85. The van der Waals surface area contributed by atoms with Crippen molar-refractivity contribution in [1.29, 1.82) is 0 Å². The first-order valence-electron chi connectivity index (χ1n) is 14.5. The van der Waals surface area contributed by atoms with E-state index in [1.54, 1.807) is 6.92 Å². The molecule has 0 rings (SSSR count). The highest BCUT2D eigenvalue weighted by molar-refractivity contribution is 7.96. The molecule has 0 aliphatic heterocycles. The van der Waals surface area contributed by atoms with Crippen LogP contribution in [-0.4, -0.2) is 36.7 Å². The molecule has 212 valence electrons. The van der Waals surface area contributed by atoms with E-state index in [9.17, 15) is 14.4 Å². The number of hydrogen-bond donors (Lipinski definition) is 3. The molecule has 2 N–H and O–H groups in total. The topological polar surface area (TPSA) is 93.7 Å². The number of ether oxygens (including phenoxy) is 2. The van der Waals surface area contributed by atoms with E-state index in [0.717, 1.165) is 25.7 Å². The summed E-state index contributed by atoms with van der Waals surface area (Å²) in [5, 5.41) is 5.23. The van der Waals surface area contributed by atoms with Gasteiger partial charge in [-0.2, -0.15) is 0 Å². The van der Waals surface area contributed by atoms with Gasteiger partial charge in [0.15, 0.2) is 5.12 Å². The highest BCUT2D eigenvalue weighted by Gasteiger charge is 2.21. The van der Waals surface area contributed by atoms with Gasteiger partial charge in [0.05, 0.1) is 0 Å². The number of alkyl carbamates (subject to hydrolysis) is 2. The largest absolute Gasteiger partial charge is 0.410 e. The molecule has 0 aromatic carbocycles. The Labute approximate surface area is 226 Å². The molecule has 2 amide bonds. The van der Waals surface area contributed by atoms with Gasteiger partial charge in [-0.3, -0.25) is 4.79 Å². The van der Waals surface area contributed by atoms with Crippen molar-refractivity contribution in [3.63, 3.8) is 0 Å². The normalized spacial score (nSPS) is 11.8. The van der Waals surface area contributed by atoms with Crippen LogP contribution in [0.3, 0.4) is 0 Å². The van der Waals surface area contributed by atoms with Gasteiger partial charge in [-0.1, -0.05) is 111 Å². The fourth-order valence-electron chi connectivity index (χ4n) is 3.87. The van der Waals surface area contributed by atoms with E-state index >= 15 is 0 Å². The van der Waals surface area contributed by atoms with Crippen molar-refractivity contribution in [2.75, 3.05) is 13.1 Å². The van der Waals surface area contributed by atoms with E-state index in [1.807, 2.05) is 0 Å². The quantitative estimate of drug-likeness (QED) is 0.0669. The molecule has 8 heteroatoms. The highest BCUT2D eigenvalue weighted by Crippen LogP contribution is 2.15. The summed E-state index contributed by atoms with van der Waals surface area (Å²) in [5.41, 5.74) is 0. The molecule has 0 aliphatic rings. The van der Waals surface area contributed by atoms with Gasteiger partial charge in [-0.15, -0.1) is 12.6 Å². The fraction of sp³-hybridized carbons (Fsp3) is 0.893. The lowest BCUT2D eigenvalue weighted by atomic mass is 10.1. The van der Waals surface area contributed by atoms with E-state index in [-0.39, 0.29) is 17.5 Å². The van der Waals surface area contributed by atoms with Crippen LogP contribution >= 0.6 is 12.6 Å². The van der Waals surface area contributed by atoms with E-state index in [4.69, 9.17) is 9.47 Å². The van der Waals surface area contributed by atoms with Crippen molar-refractivity contribution < 1.29 is 23.9 Å². The number of nitrogens with one attached hydrogen (secondary N) is 2. The maximum Gasteiger partial charge on any atom is 0.410 e. The van der Waals surface area contributed by atoms with Gasteiger partial charge in [-0.25, -0.2) is 9.59 Å². The van der Waals surface area contributed by atoms with Gasteiger partial charge < -0.3 is 20.1 Å². The second-order valence-corrected chi connectivity index (χ2v) is 10.3. The molecule has 0 saturated carbocycles. The van der Waals surface area contributed by atoms with Gasteiger partial charge in [0.2, 0.25) is 0 Å². The van der Waals surface area contributed by atoms with Crippen LogP contribution in [0.1, 0.15) is 136 Å². The molecule has 0 aromatic heterocycles. The lowest BCUT2D eigenvalue weighted by molar-refractivity contribution is -0.114. The molecule has 0 bridgehead atoms. The van der Waals surface area contributed by atoms with Crippen LogP contribution in [0, 0.1) is 5.92 Å². The monoisotopic (exact) mass is 530 g/mol. The molecule has 1 unspecified atom stereocenters. The van der Waals surface area contributed by atoms with Crippen LogP contribution < -0.4 is 10.6 Å². The smallest absolute Gasteiger partial charge is 0.409 e. The number of carbonyl (C=O) groups is 3. The Bertz CT molecular complexity index is 526. The zero-order valence-corrected chi connectivity index (χ0v) is 24.2. The summed E-state index contributed by atoms with van der Waals surface area (Å²) < 4.78 is 10.7. The SMILES string of the molecule is CCCCCCCCCCNC(=O)OC(CCC(C)C(=O)S)OC(=O)NCCCCCCCCCC. The third-order valence-electron chi connectivity index (χ3n) is 6.33. The average Bonchev–Trinajstić information content (AvgIpc) is 2.85. The van der Waals surface area contributed by atoms with Crippen molar-refractivity contribution in [2.45, 2.75) is 143 Å². The first-order valence-corrected chi connectivity index (χ1v) is 15.0. The Hall–Kier alpha value is -1.44. The van der Waals surface area contributed by atoms with E-state index < -0.39 is 18.5 Å². The number of carbonyl (C=O) groups excluding carboxylic acids is 3. The maximum atomic E-state index is 12.2. The number of amides is 2. The number of unbranched alkanes of at least 4 members (excludes halogenated alkanes) is 14. The summed E-state index contributed by atoms with van der Waals surface area (Å²) in [7, 11) is 0. The average molecular weight is 531 g/mol. The molecular weight excluding hydrogens is 476 g/mol.